The van der Waals surface area contributed by atoms with Crippen LogP contribution in [0.3, 0.4) is 0 Å². The van der Waals surface area contributed by atoms with E-state index in [1.165, 1.54) is 10.9 Å². The number of benzene rings is 1. The normalized spacial score (nSPS) is 12.6. The second-order valence-corrected chi connectivity index (χ2v) is 7.99. The van der Waals surface area contributed by atoms with E-state index in [0.717, 1.165) is 29.4 Å². The Morgan fingerprint density at radius 3 is 2.63 bits per heavy atom. The quantitative estimate of drug-likeness (QED) is 0.308. The lowest BCUT2D eigenvalue weighted by atomic mass is 10.1. The highest BCUT2D eigenvalue weighted by atomic mass is 127. The van der Waals surface area contributed by atoms with Gasteiger partial charge in [-0.2, -0.15) is 11.8 Å². The summed E-state index contributed by atoms with van der Waals surface area (Å²) in [6, 6.07) is 9.48. The maximum Gasteiger partial charge on any atom is 0.191 e. The largest absolute Gasteiger partial charge is 0.354 e. The summed E-state index contributed by atoms with van der Waals surface area (Å²) < 4.78 is 13.5. The first-order valence-corrected chi connectivity index (χ1v) is 10.7. The second kappa shape index (κ2) is 12.6. The van der Waals surface area contributed by atoms with Crippen molar-refractivity contribution >= 4 is 53.0 Å². The average Bonchev–Trinajstić information content (AvgIpc) is 3.13. The Morgan fingerprint density at radius 2 is 2.04 bits per heavy atom. The molecule has 2 N–H and O–H groups in total. The number of guanidine groups is 1. The van der Waals surface area contributed by atoms with Crippen molar-refractivity contribution in [2.45, 2.75) is 18.3 Å². The monoisotopic (exact) mass is 522 g/mol. The third kappa shape index (κ3) is 7.59. The highest BCUT2D eigenvalue weighted by Crippen LogP contribution is 2.22. The Kier molecular flexibility index (Phi) is 11.3. The lowest BCUT2D eigenvalue weighted by Crippen LogP contribution is -2.41. The smallest absolute Gasteiger partial charge is 0.191 e. The van der Waals surface area contributed by atoms with Gasteiger partial charge in [-0.1, -0.05) is 12.1 Å². The van der Waals surface area contributed by atoms with E-state index in [9.17, 15) is 4.39 Å². The highest BCUT2D eigenvalue weighted by molar-refractivity contribution is 14.0. The molecule has 0 fully saturated rings. The van der Waals surface area contributed by atoms with Crippen molar-refractivity contribution in [3.05, 3.63) is 57.5 Å². The van der Waals surface area contributed by atoms with Gasteiger partial charge < -0.3 is 15.5 Å². The van der Waals surface area contributed by atoms with Gasteiger partial charge in [-0.15, -0.1) is 35.3 Å². The van der Waals surface area contributed by atoms with Gasteiger partial charge in [0.1, 0.15) is 5.82 Å². The summed E-state index contributed by atoms with van der Waals surface area (Å²) >= 11 is 3.45. The van der Waals surface area contributed by atoms with Crippen LogP contribution in [0.1, 0.15) is 22.0 Å². The molecule has 1 aromatic carbocycles. The standard InChI is InChI=1S/C19H27FN4S2.HI/c1-21-19(23-12-17(24(2)3)18-6-5-9-26-18)22-11-14-7-8-16(20)10-15(14)13-25-4;/h5-10,17H,11-13H2,1-4H3,(H2,21,22,23);1H. The van der Waals surface area contributed by atoms with Crippen molar-refractivity contribution in [3.8, 4) is 0 Å². The van der Waals surface area contributed by atoms with Gasteiger partial charge in [0, 0.05) is 30.8 Å². The third-order valence-corrected chi connectivity index (χ3v) is 5.67. The minimum absolute atomic E-state index is 0. The van der Waals surface area contributed by atoms with Crippen molar-refractivity contribution in [1.29, 1.82) is 0 Å². The predicted molar refractivity (Wildman–Crippen MR) is 128 cm³/mol. The molecule has 1 heterocycles. The molecule has 2 rings (SSSR count). The number of aliphatic imine (C=N–C) groups is 1. The zero-order valence-corrected chi connectivity index (χ0v) is 20.1. The minimum atomic E-state index is -0.190. The fourth-order valence-electron chi connectivity index (χ4n) is 2.67. The number of rotatable bonds is 8. The lowest BCUT2D eigenvalue weighted by Gasteiger charge is -2.24. The number of hydrogen-bond acceptors (Lipinski definition) is 4. The number of hydrogen-bond donors (Lipinski definition) is 2. The number of likely N-dealkylation sites (N-methyl/N-ethyl adjacent to an activating group) is 1. The third-order valence-electron chi connectivity index (χ3n) is 4.10. The van der Waals surface area contributed by atoms with Crippen LogP contribution in [-0.2, 0) is 12.3 Å². The van der Waals surface area contributed by atoms with E-state index >= 15 is 0 Å². The summed E-state index contributed by atoms with van der Waals surface area (Å²) in [5, 5.41) is 8.83. The van der Waals surface area contributed by atoms with Crippen LogP contribution in [0.5, 0.6) is 0 Å². The summed E-state index contributed by atoms with van der Waals surface area (Å²) in [5.41, 5.74) is 2.11. The summed E-state index contributed by atoms with van der Waals surface area (Å²) in [7, 11) is 5.92. The molecule has 0 aliphatic heterocycles. The van der Waals surface area contributed by atoms with Crippen LogP contribution in [0.15, 0.2) is 40.7 Å². The van der Waals surface area contributed by atoms with Crippen LogP contribution >= 0.6 is 47.1 Å². The number of halogens is 2. The average molecular weight is 522 g/mol. The Bertz CT molecular complexity index is 708. The molecule has 0 aliphatic carbocycles. The van der Waals surface area contributed by atoms with E-state index in [4.69, 9.17) is 0 Å². The molecule has 0 saturated heterocycles. The first kappa shape index (κ1) is 24.2. The summed E-state index contributed by atoms with van der Waals surface area (Å²) in [6.07, 6.45) is 2.02. The maximum absolute atomic E-state index is 13.5. The van der Waals surface area contributed by atoms with Crippen LogP contribution < -0.4 is 10.6 Å². The highest BCUT2D eigenvalue weighted by Gasteiger charge is 2.15. The number of nitrogens with one attached hydrogen (secondary N) is 2. The lowest BCUT2D eigenvalue weighted by molar-refractivity contribution is 0.302. The van der Waals surface area contributed by atoms with Crippen LogP contribution in [0.25, 0.3) is 0 Å². The SMILES string of the molecule is CN=C(NCc1ccc(F)cc1CSC)NCC(c1cccs1)N(C)C.I. The Labute approximate surface area is 187 Å². The molecule has 1 atom stereocenters. The summed E-state index contributed by atoms with van der Waals surface area (Å²) in [6.45, 7) is 1.37. The molecule has 0 spiro atoms. The van der Waals surface area contributed by atoms with E-state index < -0.39 is 0 Å². The van der Waals surface area contributed by atoms with Gasteiger partial charge in [0.15, 0.2) is 5.96 Å². The zero-order chi connectivity index (χ0) is 18.9. The molecule has 0 aliphatic rings. The van der Waals surface area contributed by atoms with Gasteiger partial charge in [0.05, 0.1) is 6.04 Å². The molecule has 0 radical (unpaired) electrons. The molecule has 1 unspecified atom stereocenters. The number of nitrogens with zero attached hydrogens (tertiary/aromatic N) is 2. The molecule has 0 saturated carbocycles. The first-order valence-electron chi connectivity index (χ1n) is 8.45. The fraction of sp³-hybridized carbons (Fsp3) is 0.421. The van der Waals surface area contributed by atoms with E-state index in [2.05, 4.69) is 52.1 Å². The molecular formula is C19H28FIN4S2. The van der Waals surface area contributed by atoms with E-state index in [1.54, 1.807) is 36.2 Å². The molecule has 0 bridgehead atoms. The van der Waals surface area contributed by atoms with Crippen LogP contribution in [0, 0.1) is 5.82 Å². The summed E-state index contributed by atoms with van der Waals surface area (Å²) in [4.78, 5) is 7.82. The Hall–Kier alpha value is -0.840. The van der Waals surface area contributed by atoms with Crippen molar-refractivity contribution in [1.82, 2.24) is 15.5 Å². The van der Waals surface area contributed by atoms with Gasteiger partial charge in [-0.05, 0) is 55.1 Å². The van der Waals surface area contributed by atoms with Gasteiger partial charge in [-0.25, -0.2) is 4.39 Å². The minimum Gasteiger partial charge on any atom is -0.354 e. The van der Waals surface area contributed by atoms with Crippen LogP contribution in [0.4, 0.5) is 4.39 Å². The van der Waals surface area contributed by atoms with Gasteiger partial charge >= 0.3 is 0 Å². The van der Waals surface area contributed by atoms with Crippen molar-refractivity contribution in [3.63, 3.8) is 0 Å². The molecule has 4 nitrogen and oxygen atoms in total. The molecule has 8 heteroatoms. The summed E-state index contributed by atoms with van der Waals surface area (Å²) in [5.74, 6) is 1.35. The topological polar surface area (TPSA) is 39.7 Å². The van der Waals surface area contributed by atoms with Gasteiger partial charge in [0.25, 0.3) is 0 Å². The molecule has 2 aromatic rings. The van der Waals surface area contributed by atoms with Gasteiger partial charge in [0.2, 0.25) is 0 Å². The molecule has 150 valence electrons. The van der Waals surface area contributed by atoms with Crippen molar-refractivity contribution in [2.24, 2.45) is 4.99 Å². The van der Waals surface area contributed by atoms with E-state index in [1.807, 2.05) is 12.3 Å². The molecule has 27 heavy (non-hydrogen) atoms. The number of thiophene rings is 1. The van der Waals surface area contributed by atoms with Crippen molar-refractivity contribution in [2.75, 3.05) is 33.9 Å². The van der Waals surface area contributed by atoms with Crippen LogP contribution in [0.2, 0.25) is 0 Å². The molecular weight excluding hydrogens is 494 g/mol. The molecule has 0 amide bonds. The van der Waals surface area contributed by atoms with Crippen molar-refractivity contribution < 1.29 is 4.39 Å². The zero-order valence-electron chi connectivity index (χ0n) is 16.2. The van der Waals surface area contributed by atoms with Crippen LogP contribution in [-0.4, -0.2) is 44.8 Å². The number of thioether (sulfide) groups is 1. The molecule has 1 aromatic heterocycles. The van der Waals surface area contributed by atoms with E-state index in [0.29, 0.717) is 6.54 Å². The first-order chi connectivity index (χ1) is 12.5. The Balaban J connectivity index is 0.00000364. The fourth-order valence-corrected chi connectivity index (χ4v) is 4.17. The second-order valence-electron chi connectivity index (χ2n) is 6.15. The maximum atomic E-state index is 13.5. The Morgan fingerprint density at radius 1 is 1.26 bits per heavy atom. The predicted octanol–water partition coefficient (Wildman–Crippen LogP) is 4.34. The van der Waals surface area contributed by atoms with Gasteiger partial charge in [-0.3, -0.25) is 4.99 Å². The van der Waals surface area contributed by atoms with E-state index in [-0.39, 0.29) is 35.8 Å².